The van der Waals surface area contributed by atoms with Crippen LogP contribution in [0.2, 0.25) is 0 Å². The number of aliphatic hydroxyl groups is 1. The van der Waals surface area contributed by atoms with Gasteiger partial charge in [0.2, 0.25) is 0 Å². The topological polar surface area (TPSA) is 64.5 Å². The first-order valence-corrected chi connectivity index (χ1v) is 8.99. The van der Waals surface area contributed by atoms with Gasteiger partial charge in [0.25, 0.3) is 0 Å². The Bertz CT molecular complexity index is 672. The summed E-state index contributed by atoms with van der Waals surface area (Å²) in [6.07, 6.45) is 0.880. The number of alkyl halides is 4. The van der Waals surface area contributed by atoms with Gasteiger partial charge in [0, 0.05) is 38.8 Å². The van der Waals surface area contributed by atoms with E-state index in [1.54, 1.807) is 19.1 Å². The second kappa shape index (κ2) is 10.4. The minimum atomic E-state index is -4.19. The molecule has 1 unspecified atom stereocenters. The van der Waals surface area contributed by atoms with Crippen molar-refractivity contribution in [1.82, 2.24) is 14.9 Å². The van der Waals surface area contributed by atoms with E-state index in [2.05, 4.69) is 15.3 Å². The highest BCUT2D eigenvalue weighted by Gasteiger charge is 2.32. The van der Waals surface area contributed by atoms with Crippen molar-refractivity contribution in [3.8, 4) is 0 Å². The van der Waals surface area contributed by atoms with Gasteiger partial charge in [0.1, 0.15) is 24.6 Å². The molecule has 0 aromatic carbocycles. The third-order valence-electron chi connectivity index (χ3n) is 4.35. The third kappa shape index (κ3) is 7.08. The number of nitrogens with zero attached hydrogens (tertiary/aromatic N) is 4. The van der Waals surface area contributed by atoms with Gasteiger partial charge in [0.15, 0.2) is 0 Å². The van der Waals surface area contributed by atoms with Crippen LogP contribution >= 0.6 is 0 Å². The molecular weight excluding hydrogens is 378 g/mol. The molecule has 0 radical (unpaired) electrons. The van der Waals surface area contributed by atoms with Gasteiger partial charge in [-0.05, 0) is 12.5 Å². The van der Waals surface area contributed by atoms with Gasteiger partial charge < -0.3 is 15.3 Å². The molecule has 2 rings (SSSR count). The predicted octanol–water partition coefficient (Wildman–Crippen LogP) is 2.41. The Morgan fingerprint density at radius 1 is 1.29 bits per heavy atom. The maximum atomic E-state index is 12.5. The number of aromatic nitrogens is 2. The Balaban J connectivity index is 1.90. The number of piperazine rings is 1. The average molecular weight is 403 g/mol. The van der Waals surface area contributed by atoms with Crippen molar-refractivity contribution in [2.24, 2.45) is 0 Å². The van der Waals surface area contributed by atoms with Crippen molar-refractivity contribution in [2.75, 3.05) is 56.2 Å². The molecular formula is C18H25F4N5O. The van der Waals surface area contributed by atoms with Crippen molar-refractivity contribution in [2.45, 2.75) is 19.2 Å². The number of halogens is 4. The number of hydrogen-bond acceptors (Lipinski definition) is 6. The van der Waals surface area contributed by atoms with Crippen LogP contribution in [0.4, 0.5) is 29.2 Å². The summed E-state index contributed by atoms with van der Waals surface area (Å²) in [5, 5.41) is 13.2. The average Bonchev–Trinajstić information content (AvgIpc) is 2.66. The lowest BCUT2D eigenvalue weighted by Crippen LogP contribution is -2.49. The van der Waals surface area contributed by atoms with E-state index in [9.17, 15) is 22.7 Å². The fourth-order valence-electron chi connectivity index (χ4n) is 2.90. The van der Waals surface area contributed by atoms with E-state index in [4.69, 9.17) is 0 Å². The molecule has 6 nitrogen and oxygen atoms in total. The highest BCUT2D eigenvalue weighted by Crippen LogP contribution is 2.20. The molecule has 10 heteroatoms. The van der Waals surface area contributed by atoms with E-state index in [0.29, 0.717) is 43.4 Å². The molecule has 156 valence electrons. The first-order chi connectivity index (χ1) is 13.3. The number of anilines is 2. The van der Waals surface area contributed by atoms with Crippen LogP contribution in [0.25, 0.3) is 0 Å². The molecule has 0 spiro atoms. The smallest absolute Gasteiger partial charge is 0.387 e. The van der Waals surface area contributed by atoms with Crippen LogP contribution in [-0.2, 0) is 0 Å². The molecule has 0 bridgehead atoms. The minimum Gasteiger partial charge on any atom is -0.387 e. The quantitative estimate of drug-likeness (QED) is 0.514. The van der Waals surface area contributed by atoms with E-state index in [1.165, 1.54) is 23.4 Å². The van der Waals surface area contributed by atoms with E-state index in [0.717, 1.165) is 0 Å². The zero-order valence-electron chi connectivity index (χ0n) is 15.7. The molecule has 28 heavy (non-hydrogen) atoms. The summed E-state index contributed by atoms with van der Waals surface area (Å²) in [6.45, 7) is 1.89. The Morgan fingerprint density at radius 2 is 2.00 bits per heavy atom. The number of hydrogen-bond donors (Lipinski definition) is 2. The zero-order valence-corrected chi connectivity index (χ0v) is 15.7. The number of allylic oxidation sites excluding steroid dienone is 2. The fraction of sp³-hybridized carbons (Fsp3) is 0.556. The van der Waals surface area contributed by atoms with Gasteiger partial charge in [0.05, 0.1) is 12.6 Å². The normalized spacial score (nSPS) is 17.9. The monoisotopic (exact) mass is 403 g/mol. The predicted molar refractivity (Wildman–Crippen MR) is 100 cm³/mol. The molecule has 0 aliphatic carbocycles. The van der Waals surface area contributed by atoms with Crippen LogP contribution in [0.5, 0.6) is 0 Å². The molecule has 1 aromatic rings. The first-order valence-electron chi connectivity index (χ1n) is 8.99. The van der Waals surface area contributed by atoms with Crippen molar-refractivity contribution < 1.29 is 22.7 Å². The molecule has 2 N–H and O–H groups in total. The summed E-state index contributed by atoms with van der Waals surface area (Å²) in [4.78, 5) is 11.6. The lowest BCUT2D eigenvalue weighted by molar-refractivity contribution is -0.146. The van der Waals surface area contributed by atoms with Crippen molar-refractivity contribution in [1.29, 1.82) is 0 Å². The number of rotatable bonds is 8. The van der Waals surface area contributed by atoms with Gasteiger partial charge >= 0.3 is 6.18 Å². The molecule has 0 saturated carbocycles. The Kier molecular flexibility index (Phi) is 8.18. The molecule has 1 fully saturated rings. The molecule has 2 heterocycles. The summed E-state index contributed by atoms with van der Waals surface area (Å²) in [6, 6.07) is 1.69. The maximum Gasteiger partial charge on any atom is 0.401 e. The van der Waals surface area contributed by atoms with E-state index in [1.807, 2.05) is 4.90 Å². The van der Waals surface area contributed by atoms with Crippen LogP contribution in [0.3, 0.4) is 0 Å². The summed E-state index contributed by atoms with van der Waals surface area (Å²) in [7, 11) is 0. The van der Waals surface area contributed by atoms with Gasteiger partial charge in [-0.2, -0.15) is 13.2 Å². The zero-order chi connectivity index (χ0) is 20.6. The summed E-state index contributed by atoms with van der Waals surface area (Å²) in [5.41, 5.74) is 0.584. The Labute approximate surface area is 161 Å². The molecule has 1 saturated heterocycles. The first kappa shape index (κ1) is 22.1. The van der Waals surface area contributed by atoms with Gasteiger partial charge in [-0.25, -0.2) is 14.4 Å². The van der Waals surface area contributed by atoms with Gasteiger partial charge in [-0.3, -0.25) is 4.90 Å². The molecule has 0 amide bonds. The van der Waals surface area contributed by atoms with Crippen molar-refractivity contribution in [3.63, 3.8) is 0 Å². The van der Waals surface area contributed by atoms with Crippen molar-refractivity contribution >= 4 is 11.6 Å². The SMILES string of the molecule is C/C=C(\C=C/CF)C(O)CNc1cc(N2CCN(CC(F)(F)F)CC2)ncn1. The lowest BCUT2D eigenvalue weighted by atomic mass is 10.1. The van der Waals surface area contributed by atoms with Crippen LogP contribution in [0.1, 0.15) is 6.92 Å². The molecule has 1 aliphatic heterocycles. The second-order valence-electron chi connectivity index (χ2n) is 6.38. The van der Waals surface area contributed by atoms with E-state index in [-0.39, 0.29) is 6.54 Å². The largest absolute Gasteiger partial charge is 0.401 e. The fourth-order valence-corrected chi connectivity index (χ4v) is 2.90. The Morgan fingerprint density at radius 3 is 2.61 bits per heavy atom. The molecule has 1 atom stereocenters. The lowest BCUT2D eigenvalue weighted by Gasteiger charge is -2.35. The second-order valence-corrected chi connectivity index (χ2v) is 6.38. The summed E-state index contributed by atoms with van der Waals surface area (Å²) in [5.74, 6) is 1.11. The van der Waals surface area contributed by atoms with Crippen LogP contribution < -0.4 is 10.2 Å². The number of nitrogens with one attached hydrogen (secondary N) is 1. The molecule has 1 aromatic heterocycles. The minimum absolute atomic E-state index is 0.173. The van der Waals surface area contributed by atoms with E-state index < -0.39 is 25.5 Å². The highest BCUT2D eigenvalue weighted by atomic mass is 19.4. The van der Waals surface area contributed by atoms with Gasteiger partial charge in [-0.15, -0.1) is 0 Å². The standard InChI is InChI=1S/C18H25F4N5O/c1-2-14(4-3-5-19)15(28)11-23-16-10-17(25-13-24-16)27-8-6-26(7-9-27)12-18(20,21)22/h2-4,10,13,15,28H,5-9,11-12H2,1H3,(H,23,24,25)/b4-3-,14-2+. The maximum absolute atomic E-state index is 12.5. The van der Waals surface area contributed by atoms with Crippen molar-refractivity contribution in [3.05, 3.63) is 36.2 Å². The van der Waals surface area contributed by atoms with Gasteiger partial charge in [-0.1, -0.05) is 18.2 Å². The number of aliphatic hydroxyl groups excluding tert-OH is 1. The Hall–Kier alpha value is -2.20. The van der Waals surface area contributed by atoms with Crippen LogP contribution in [0.15, 0.2) is 36.2 Å². The highest BCUT2D eigenvalue weighted by molar-refractivity contribution is 5.49. The third-order valence-corrected chi connectivity index (χ3v) is 4.35. The molecule has 1 aliphatic rings. The summed E-state index contributed by atoms with van der Waals surface area (Å²) < 4.78 is 49.7. The van der Waals surface area contributed by atoms with Crippen LogP contribution in [-0.4, -0.2) is 78.2 Å². The van der Waals surface area contributed by atoms with E-state index >= 15 is 0 Å². The van der Waals surface area contributed by atoms with Crippen LogP contribution in [0, 0.1) is 0 Å². The summed E-state index contributed by atoms with van der Waals surface area (Å²) >= 11 is 0.